The Morgan fingerprint density at radius 2 is 1.71 bits per heavy atom. The molecule has 0 saturated carbocycles. The molecule has 2 aliphatic heterocycles. The third kappa shape index (κ3) is 4.52. The quantitative estimate of drug-likeness (QED) is 0.710. The molecule has 0 atom stereocenters. The lowest BCUT2D eigenvalue weighted by Gasteiger charge is -2.41. The van der Waals surface area contributed by atoms with Gasteiger partial charge in [0.1, 0.15) is 6.10 Å². The van der Waals surface area contributed by atoms with Gasteiger partial charge in [0, 0.05) is 48.8 Å². The average Bonchev–Trinajstić information content (AvgIpc) is 3.22. The summed E-state index contributed by atoms with van der Waals surface area (Å²) < 4.78 is 33.2. The molecule has 0 N–H and O–H groups in total. The first kappa shape index (κ1) is 20.1. The molecule has 3 heterocycles. The molecule has 0 amide bonds. The highest BCUT2D eigenvalue weighted by atomic mass is 35.5. The molecule has 0 aliphatic carbocycles. The molecule has 0 unspecified atom stereocenters. The van der Waals surface area contributed by atoms with Crippen molar-refractivity contribution < 1.29 is 13.2 Å². The van der Waals surface area contributed by atoms with Gasteiger partial charge in [-0.2, -0.15) is 4.31 Å². The fourth-order valence-corrected chi connectivity index (χ4v) is 6.12. The van der Waals surface area contributed by atoms with Crippen molar-refractivity contribution in [2.45, 2.75) is 42.7 Å². The first-order valence-corrected chi connectivity index (χ1v) is 12.3. The second-order valence-corrected chi connectivity index (χ2v) is 10.5. The van der Waals surface area contributed by atoms with Gasteiger partial charge in [-0.15, -0.1) is 0 Å². The summed E-state index contributed by atoms with van der Waals surface area (Å²) in [6.45, 7) is 3.10. The standard InChI is InChI=1S/C19H24ClN3O3S2/c20-15-1-3-18(4-2-15)28(24,25)23-12-5-16(6-13-23)22-10-7-17(8-11-22)26-19-21-9-14-27-19/h1-4,9,14,16-17H,5-8,10-13H2. The highest BCUT2D eigenvalue weighted by molar-refractivity contribution is 7.89. The Morgan fingerprint density at radius 1 is 1.04 bits per heavy atom. The number of thiazole rings is 1. The van der Waals surface area contributed by atoms with Crippen molar-refractivity contribution in [2.75, 3.05) is 26.2 Å². The number of nitrogens with zero attached hydrogens (tertiary/aromatic N) is 3. The van der Waals surface area contributed by atoms with E-state index in [0.717, 1.165) is 44.0 Å². The SMILES string of the molecule is O=S(=O)(c1ccc(Cl)cc1)N1CCC(N2CCC(Oc3nccs3)CC2)CC1. The van der Waals surface area contributed by atoms with Crippen molar-refractivity contribution in [1.29, 1.82) is 0 Å². The summed E-state index contributed by atoms with van der Waals surface area (Å²) >= 11 is 7.41. The summed E-state index contributed by atoms with van der Waals surface area (Å²) in [5.41, 5.74) is 0. The highest BCUT2D eigenvalue weighted by Gasteiger charge is 2.33. The number of hydrogen-bond acceptors (Lipinski definition) is 6. The van der Waals surface area contributed by atoms with E-state index in [1.54, 1.807) is 34.8 Å². The molecular formula is C19H24ClN3O3S2. The van der Waals surface area contributed by atoms with Gasteiger partial charge in [0.05, 0.1) is 4.90 Å². The van der Waals surface area contributed by atoms with Gasteiger partial charge in [0.15, 0.2) is 0 Å². The molecule has 2 aromatic rings. The number of aromatic nitrogens is 1. The molecule has 6 nitrogen and oxygen atoms in total. The minimum absolute atomic E-state index is 0.229. The maximum Gasteiger partial charge on any atom is 0.273 e. The number of sulfonamides is 1. The smallest absolute Gasteiger partial charge is 0.273 e. The van der Waals surface area contributed by atoms with Crippen LogP contribution in [0.1, 0.15) is 25.7 Å². The topological polar surface area (TPSA) is 62.7 Å². The molecule has 1 aromatic carbocycles. The molecule has 0 radical (unpaired) electrons. The monoisotopic (exact) mass is 441 g/mol. The molecule has 0 bridgehead atoms. The van der Waals surface area contributed by atoms with Gasteiger partial charge in [-0.1, -0.05) is 22.9 Å². The Morgan fingerprint density at radius 3 is 2.32 bits per heavy atom. The highest BCUT2D eigenvalue weighted by Crippen LogP contribution is 2.27. The van der Waals surface area contributed by atoms with Gasteiger partial charge < -0.3 is 9.64 Å². The maximum absolute atomic E-state index is 12.8. The van der Waals surface area contributed by atoms with Crippen molar-refractivity contribution in [2.24, 2.45) is 0 Å². The largest absolute Gasteiger partial charge is 0.467 e. The van der Waals surface area contributed by atoms with Crippen LogP contribution in [0.4, 0.5) is 0 Å². The lowest BCUT2D eigenvalue weighted by atomic mass is 10.00. The van der Waals surface area contributed by atoms with E-state index >= 15 is 0 Å². The van der Waals surface area contributed by atoms with Crippen LogP contribution >= 0.6 is 22.9 Å². The molecule has 1 aromatic heterocycles. The molecule has 2 aliphatic rings. The fraction of sp³-hybridized carbons (Fsp3) is 0.526. The number of halogens is 1. The van der Waals surface area contributed by atoms with Gasteiger partial charge in [-0.25, -0.2) is 13.4 Å². The van der Waals surface area contributed by atoms with Crippen LogP contribution < -0.4 is 4.74 Å². The summed E-state index contributed by atoms with van der Waals surface area (Å²) in [5, 5.41) is 3.22. The van der Waals surface area contributed by atoms with Crippen LogP contribution in [-0.4, -0.2) is 60.9 Å². The van der Waals surface area contributed by atoms with Crippen LogP contribution in [0, 0.1) is 0 Å². The van der Waals surface area contributed by atoms with E-state index in [0.29, 0.717) is 29.0 Å². The summed E-state index contributed by atoms with van der Waals surface area (Å²) in [7, 11) is -3.44. The number of piperidine rings is 2. The summed E-state index contributed by atoms with van der Waals surface area (Å²) in [5.74, 6) is 0. The predicted octanol–water partition coefficient (Wildman–Crippen LogP) is 3.49. The van der Waals surface area contributed by atoms with Crippen molar-refractivity contribution in [3.63, 3.8) is 0 Å². The summed E-state index contributed by atoms with van der Waals surface area (Å²) in [6.07, 6.45) is 5.70. The van der Waals surface area contributed by atoms with Gasteiger partial charge >= 0.3 is 0 Å². The minimum Gasteiger partial charge on any atom is -0.467 e. The van der Waals surface area contributed by atoms with E-state index in [9.17, 15) is 8.42 Å². The first-order valence-electron chi connectivity index (χ1n) is 9.58. The molecular weight excluding hydrogens is 418 g/mol. The lowest BCUT2D eigenvalue weighted by molar-refractivity contribution is 0.0584. The van der Waals surface area contributed by atoms with Gasteiger partial charge in [0.25, 0.3) is 5.19 Å². The Hall–Kier alpha value is -1.19. The summed E-state index contributed by atoms with van der Waals surface area (Å²) in [4.78, 5) is 7.00. The number of ether oxygens (including phenoxy) is 1. The van der Waals surface area contributed by atoms with E-state index in [4.69, 9.17) is 16.3 Å². The van der Waals surface area contributed by atoms with Crippen molar-refractivity contribution in [1.82, 2.24) is 14.2 Å². The maximum atomic E-state index is 12.8. The molecule has 28 heavy (non-hydrogen) atoms. The number of hydrogen-bond donors (Lipinski definition) is 0. The van der Waals surface area contributed by atoms with Gasteiger partial charge in [-0.3, -0.25) is 0 Å². The van der Waals surface area contributed by atoms with E-state index in [-0.39, 0.29) is 6.10 Å². The summed E-state index contributed by atoms with van der Waals surface area (Å²) in [6, 6.07) is 6.85. The zero-order valence-corrected chi connectivity index (χ0v) is 17.9. The van der Waals surface area contributed by atoms with Crippen molar-refractivity contribution in [3.05, 3.63) is 40.9 Å². The molecule has 152 valence electrons. The third-order valence-corrected chi connectivity index (χ3v) is 8.37. The van der Waals surface area contributed by atoms with Gasteiger partial charge in [-0.05, 0) is 49.9 Å². The van der Waals surface area contributed by atoms with Crippen LogP contribution in [0.3, 0.4) is 0 Å². The molecule has 9 heteroatoms. The number of benzene rings is 1. The molecule has 2 saturated heterocycles. The van der Waals surface area contributed by atoms with Gasteiger partial charge in [0.2, 0.25) is 10.0 Å². The van der Waals surface area contributed by atoms with Crippen LogP contribution in [0.25, 0.3) is 0 Å². The zero-order chi connectivity index (χ0) is 19.6. The van der Waals surface area contributed by atoms with E-state index in [1.807, 2.05) is 5.38 Å². The van der Waals surface area contributed by atoms with Crippen LogP contribution in [0.2, 0.25) is 5.02 Å². The van der Waals surface area contributed by atoms with Crippen molar-refractivity contribution in [3.8, 4) is 5.19 Å². The minimum atomic E-state index is -3.44. The van der Waals surface area contributed by atoms with E-state index in [2.05, 4.69) is 9.88 Å². The average molecular weight is 442 g/mol. The van der Waals surface area contributed by atoms with Crippen molar-refractivity contribution >= 4 is 33.0 Å². The third-order valence-electron chi connectivity index (χ3n) is 5.54. The Balaban J connectivity index is 1.28. The number of rotatable bonds is 5. The Kier molecular flexibility index (Phi) is 6.22. The lowest BCUT2D eigenvalue weighted by Crippen LogP contribution is -2.50. The molecule has 0 spiro atoms. The second kappa shape index (κ2) is 8.67. The normalized spacial score (nSPS) is 21.0. The Bertz CT molecular complexity index is 858. The predicted molar refractivity (Wildman–Crippen MR) is 111 cm³/mol. The second-order valence-electron chi connectivity index (χ2n) is 7.24. The zero-order valence-electron chi connectivity index (χ0n) is 15.5. The Labute approximate surface area is 175 Å². The van der Waals surface area contributed by atoms with E-state index in [1.165, 1.54) is 11.3 Å². The first-order chi connectivity index (χ1) is 13.5. The van der Waals surface area contributed by atoms with E-state index < -0.39 is 10.0 Å². The number of likely N-dealkylation sites (tertiary alicyclic amines) is 1. The fourth-order valence-electron chi connectivity index (χ4n) is 3.97. The van der Waals surface area contributed by atoms with Crippen LogP contribution in [-0.2, 0) is 10.0 Å². The van der Waals surface area contributed by atoms with Crippen LogP contribution in [0.15, 0.2) is 40.7 Å². The molecule has 2 fully saturated rings. The molecule has 4 rings (SSSR count). The van der Waals surface area contributed by atoms with Crippen LogP contribution in [0.5, 0.6) is 5.19 Å².